The fourth-order valence-corrected chi connectivity index (χ4v) is 1.44. The minimum Gasteiger partial charge on any atom is -0.398 e. The highest BCUT2D eigenvalue weighted by Crippen LogP contribution is 2.31. The topological polar surface area (TPSA) is 84.2 Å². The van der Waals surface area contributed by atoms with E-state index in [0.29, 0.717) is 6.07 Å². The summed E-state index contributed by atoms with van der Waals surface area (Å²) in [7, 11) is 1.44. The Kier molecular flexibility index (Phi) is 4.95. The third-order valence-electron chi connectivity index (χ3n) is 2.54. The lowest BCUT2D eigenvalue weighted by Gasteiger charge is -2.11. The third kappa shape index (κ3) is 4.15. The van der Waals surface area contributed by atoms with Gasteiger partial charge in [-0.25, -0.2) is 0 Å². The van der Waals surface area contributed by atoms with E-state index in [9.17, 15) is 22.8 Å². The lowest BCUT2D eigenvalue weighted by atomic mass is 10.1. The molecular formula is C12H14F3N3O2. The third-order valence-corrected chi connectivity index (χ3v) is 2.54. The predicted molar refractivity (Wildman–Crippen MR) is 66.9 cm³/mol. The molecule has 0 bridgehead atoms. The molecule has 0 atom stereocenters. The summed E-state index contributed by atoms with van der Waals surface area (Å²) in [6.07, 6.45) is -4.52. The molecule has 0 fully saturated rings. The highest BCUT2D eigenvalue weighted by molar-refractivity contribution is 5.99. The van der Waals surface area contributed by atoms with E-state index in [0.717, 1.165) is 12.1 Å². The van der Waals surface area contributed by atoms with Crippen LogP contribution in [0.4, 0.5) is 18.9 Å². The van der Waals surface area contributed by atoms with Crippen LogP contribution in [0.3, 0.4) is 0 Å². The van der Waals surface area contributed by atoms with Gasteiger partial charge in [-0.3, -0.25) is 9.59 Å². The fraction of sp³-hybridized carbons (Fsp3) is 0.333. The number of carbonyl (C=O) groups excluding carboxylic acids is 2. The number of anilines is 1. The lowest BCUT2D eigenvalue weighted by Crippen LogP contribution is -2.29. The number of alkyl halides is 3. The Morgan fingerprint density at radius 2 is 1.95 bits per heavy atom. The maximum Gasteiger partial charge on any atom is 0.416 e. The molecule has 1 aromatic carbocycles. The summed E-state index contributed by atoms with van der Waals surface area (Å²) in [5.41, 5.74) is 4.20. The number of rotatable bonds is 4. The van der Waals surface area contributed by atoms with Gasteiger partial charge in [0.15, 0.2) is 0 Å². The molecule has 0 heterocycles. The smallest absolute Gasteiger partial charge is 0.398 e. The van der Waals surface area contributed by atoms with E-state index in [-0.39, 0.29) is 30.1 Å². The van der Waals surface area contributed by atoms with Crippen molar-refractivity contribution < 1.29 is 22.8 Å². The second-order valence-electron chi connectivity index (χ2n) is 3.98. The quantitative estimate of drug-likeness (QED) is 0.727. The summed E-state index contributed by atoms with van der Waals surface area (Å²) >= 11 is 0. The molecule has 1 aromatic rings. The van der Waals surface area contributed by atoms with E-state index in [1.165, 1.54) is 7.05 Å². The molecule has 0 saturated carbocycles. The Bertz CT molecular complexity index is 515. The van der Waals surface area contributed by atoms with Crippen molar-refractivity contribution in [3.8, 4) is 0 Å². The van der Waals surface area contributed by atoms with Crippen LogP contribution < -0.4 is 16.4 Å². The number of hydrogen-bond donors (Lipinski definition) is 3. The Morgan fingerprint density at radius 1 is 1.30 bits per heavy atom. The molecule has 8 heteroatoms. The number of nitrogens with two attached hydrogens (primary N) is 1. The van der Waals surface area contributed by atoms with Crippen molar-refractivity contribution in [3.05, 3.63) is 29.3 Å². The highest BCUT2D eigenvalue weighted by Gasteiger charge is 2.31. The molecule has 1 rings (SSSR count). The van der Waals surface area contributed by atoms with Crippen LogP contribution >= 0.6 is 0 Å². The zero-order valence-electron chi connectivity index (χ0n) is 10.7. The van der Waals surface area contributed by atoms with E-state index in [1.807, 2.05) is 0 Å². The minimum absolute atomic E-state index is 0.00813. The van der Waals surface area contributed by atoms with Gasteiger partial charge in [0.1, 0.15) is 0 Å². The predicted octanol–water partition coefficient (Wildman–Crippen LogP) is 1.15. The van der Waals surface area contributed by atoms with E-state index in [2.05, 4.69) is 10.6 Å². The average Bonchev–Trinajstić information content (AvgIpc) is 2.37. The molecule has 0 radical (unpaired) electrons. The molecule has 0 aliphatic carbocycles. The van der Waals surface area contributed by atoms with Crippen molar-refractivity contribution in [2.24, 2.45) is 0 Å². The number of hydrogen-bond acceptors (Lipinski definition) is 3. The van der Waals surface area contributed by atoms with Crippen molar-refractivity contribution in [2.45, 2.75) is 12.6 Å². The Morgan fingerprint density at radius 3 is 2.50 bits per heavy atom. The monoisotopic (exact) mass is 289 g/mol. The van der Waals surface area contributed by atoms with Gasteiger partial charge in [-0.1, -0.05) is 0 Å². The summed E-state index contributed by atoms with van der Waals surface area (Å²) in [5, 5.41) is 4.69. The van der Waals surface area contributed by atoms with Gasteiger partial charge in [0, 0.05) is 25.7 Å². The Labute approximate surface area is 113 Å². The van der Waals surface area contributed by atoms with Crippen LogP contribution in [0.15, 0.2) is 18.2 Å². The van der Waals surface area contributed by atoms with Crippen LogP contribution in [0, 0.1) is 0 Å². The number of amides is 2. The van der Waals surface area contributed by atoms with Crippen molar-refractivity contribution >= 4 is 17.5 Å². The maximum absolute atomic E-state index is 12.5. The molecular weight excluding hydrogens is 275 g/mol. The van der Waals surface area contributed by atoms with Gasteiger partial charge >= 0.3 is 6.18 Å². The molecule has 0 saturated heterocycles. The number of carbonyl (C=O) groups is 2. The lowest BCUT2D eigenvalue weighted by molar-refractivity contribution is -0.137. The molecule has 4 N–H and O–H groups in total. The van der Waals surface area contributed by atoms with Crippen molar-refractivity contribution in [1.29, 1.82) is 0 Å². The highest BCUT2D eigenvalue weighted by atomic mass is 19.4. The summed E-state index contributed by atoms with van der Waals surface area (Å²) in [6.45, 7) is 0.00813. The van der Waals surface area contributed by atoms with E-state index >= 15 is 0 Å². The van der Waals surface area contributed by atoms with Crippen LogP contribution in [0.2, 0.25) is 0 Å². The summed E-state index contributed by atoms with van der Waals surface area (Å²) in [5.74, 6) is -1.04. The van der Waals surface area contributed by atoms with E-state index < -0.39 is 17.6 Å². The Balaban J connectivity index is 2.79. The zero-order valence-corrected chi connectivity index (χ0v) is 10.7. The molecule has 0 unspecified atom stereocenters. The normalized spacial score (nSPS) is 11.0. The average molecular weight is 289 g/mol. The second kappa shape index (κ2) is 6.27. The van der Waals surface area contributed by atoms with Gasteiger partial charge in [0.2, 0.25) is 5.91 Å². The van der Waals surface area contributed by atoms with E-state index in [4.69, 9.17) is 5.73 Å². The first-order valence-electron chi connectivity index (χ1n) is 5.71. The number of nitrogen functional groups attached to an aromatic ring is 1. The summed E-state index contributed by atoms with van der Waals surface area (Å²) in [6, 6.07) is 2.51. The molecule has 0 aliphatic rings. The molecule has 0 spiro atoms. The van der Waals surface area contributed by atoms with Gasteiger partial charge in [-0.15, -0.1) is 0 Å². The summed E-state index contributed by atoms with van der Waals surface area (Å²) < 4.78 is 37.6. The van der Waals surface area contributed by atoms with Crippen molar-refractivity contribution in [2.75, 3.05) is 19.3 Å². The van der Waals surface area contributed by atoms with Gasteiger partial charge in [-0.05, 0) is 18.2 Å². The van der Waals surface area contributed by atoms with Gasteiger partial charge in [-0.2, -0.15) is 13.2 Å². The second-order valence-corrected chi connectivity index (χ2v) is 3.98. The maximum atomic E-state index is 12.5. The van der Waals surface area contributed by atoms with Gasteiger partial charge in [0.05, 0.1) is 11.1 Å². The van der Waals surface area contributed by atoms with Crippen LogP contribution in [-0.4, -0.2) is 25.4 Å². The van der Waals surface area contributed by atoms with E-state index in [1.54, 1.807) is 0 Å². The first-order valence-corrected chi connectivity index (χ1v) is 5.71. The molecule has 0 aromatic heterocycles. The van der Waals surface area contributed by atoms with Gasteiger partial charge < -0.3 is 16.4 Å². The Hall–Kier alpha value is -2.25. The van der Waals surface area contributed by atoms with Crippen LogP contribution in [0.5, 0.6) is 0 Å². The molecule has 0 aliphatic heterocycles. The van der Waals surface area contributed by atoms with Crippen molar-refractivity contribution in [1.82, 2.24) is 10.6 Å². The van der Waals surface area contributed by atoms with Gasteiger partial charge in [0.25, 0.3) is 5.91 Å². The van der Waals surface area contributed by atoms with Crippen LogP contribution in [0.1, 0.15) is 22.3 Å². The standard InChI is InChI=1S/C12H14F3N3O2/c1-17-10(19)4-5-18-11(20)8-6-7(12(13,14)15)2-3-9(8)16/h2-3,6H,4-5,16H2,1H3,(H,17,19)(H,18,20). The SMILES string of the molecule is CNC(=O)CCNC(=O)c1cc(C(F)(F)F)ccc1N. The van der Waals surface area contributed by atoms with Crippen LogP contribution in [-0.2, 0) is 11.0 Å². The molecule has 110 valence electrons. The molecule has 20 heavy (non-hydrogen) atoms. The fourth-order valence-electron chi connectivity index (χ4n) is 1.44. The molecule has 5 nitrogen and oxygen atoms in total. The zero-order chi connectivity index (χ0) is 15.3. The number of nitrogens with one attached hydrogen (secondary N) is 2. The molecule has 2 amide bonds. The largest absolute Gasteiger partial charge is 0.416 e. The number of halogens is 3. The van der Waals surface area contributed by atoms with Crippen LogP contribution in [0.25, 0.3) is 0 Å². The minimum atomic E-state index is -4.55. The first kappa shape index (κ1) is 15.8. The summed E-state index contributed by atoms with van der Waals surface area (Å²) in [4.78, 5) is 22.7. The van der Waals surface area contributed by atoms with Crippen molar-refractivity contribution in [3.63, 3.8) is 0 Å². The first-order chi connectivity index (χ1) is 9.25. The number of benzene rings is 1.